The zero-order valence-corrected chi connectivity index (χ0v) is 17.4. The van der Waals surface area contributed by atoms with Gasteiger partial charge in [-0.2, -0.15) is 0 Å². The SMILES string of the molecule is C=C(C)C(=O)N[C@H](CC(=O)NCCc1ccc(OC(N)=O)cc1)Cc1ccc(O)cc1. The van der Waals surface area contributed by atoms with Gasteiger partial charge in [-0.1, -0.05) is 30.8 Å². The van der Waals surface area contributed by atoms with Crippen LogP contribution in [0, 0.1) is 0 Å². The van der Waals surface area contributed by atoms with E-state index in [1.807, 2.05) is 0 Å². The van der Waals surface area contributed by atoms with Crippen LogP contribution in [0.15, 0.2) is 60.7 Å². The third-order valence-electron chi connectivity index (χ3n) is 4.45. The topological polar surface area (TPSA) is 131 Å². The summed E-state index contributed by atoms with van der Waals surface area (Å²) in [6.07, 6.45) is 0.253. The van der Waals surface area contributed by atoms with Crippen LogP contribution in [0.1, 0.15) is 24.5 Å². The van der Waals surface area contributed by atoms with E-state index in [-0.39, 0.29) is 24.0 Å². The molecule has 164 valence electrons. The first-order valence-electron chi connectivity index (χ1n) is 9.80. The number of hydrogen-bond acceptors (Lipinski definition) is 5. The normalized spacial score (nSPS) is 11.3. The molecule has 8 nitrogen and oxygen atoms in total. The van der Waals surface area contributed by atoms with Crippen LogP contribution in [-0.4, -0.2) is 35.6 Å². The number of amides is 3. The third-order valence-corrected chi connectivity index (χ3v) is 4.45. The maximum Gasteiger partial charge on any atom is 0.409 e. The molecule has 8 heteroatoms. The summed E-state index contributed by atoms with van der Waals surface area (Å²) in [6.45, 7) is 5.65. The average molecular weight is 425 g/mol. The number of ether oxygens (including phenoxy) is 1. The largest absolute Gasteiger partial charge is 0.508 e. The second-order valence-corrected chi connectivity index (χ2v) is 7.19. The van der Waals surface area contributed by atoms with Crippen LogP contribution < -0.4 is 21.1 Å². The van der Waals surface area contributed by atoms with Gasteiger partial charge in [0.2, 0.25) is 11.8 Å². The monoisotopic (exact) mass is 425 g/mol. The van der Waals surface area contributed by atoms with E-state index in [2.05, 4.69) is 17.2 Å². The molecule has 3 amide bonds. The van der Waals surface area contributed by atoms with Gasteiger partial charge in [-0.05, 0) is 55.2 Å². The van der Waals surface area contributed by atoms with Gasteiger partial charge in [-0.3, -0.25) is 9.59 Å². The zero-order chi connectivity index (χ0) is 22.8. The fourth-order valence-corrected chi connectivity index (χ4v) is 2.88. The molecule has 0 saturated carbocycles. The van der Waals surface area contributed by atoms with Crippen molar-refractivity contribution in [2.24, 2.45) is 5.73 Å². The third kappa shape index (κ3) is 8.61. The minimum absolute atomic E-state index is 0.102. The predicted octanol–water partition coefficient (Wildman–Crippen LogP) is 2.20. The molecule has 0 fully saturated rings. The first-order chi connectivity index (χ1) is 14.7. The number of primary amides is 1. The zero-order valence-electron chi connectivity index (χ0n) is 17.4. The maximum absolute atomic E-state index is 12.4. The van der Waals surface area contributed by atoms with E-state index in [1.165, 1.54) is 0 Å². The highest BCUT2D eigenvalue weighted by atomic mass is 16.5. The molecule has 5 N–H and O–H groups in total. The quantitative estimate of drug-likeness (QED) is 0.434. The van der Waals surface area contributed by atoms with E-state index in [1.54, 1.807) is 55.5 Å². The summed E-state index contributed by atoms with van der Waals surface area (Å²) in [5.41, 5.74) is 7.16. The summed E-state index contributed by atoms with van der Waals surface area (Å²) in [5, 5.41) is 15.1. The highest BCUT2D eigenvalue weighted by molar-refractivity contribution is 5.92. The molecule has 2 aromatic rings. The van der Waals surface area contributed by atoms with Crippen molar-refractivity contribution in [3.05, 3.63) is 71.8 Å². The van der Waals surface area contributed by atoms with Crippen molar-refractivity contribution in [2.45, 2.75) is 32.2 Å². The number of nitrogens with two attached hydrogens (primary N) is 1. The van der Waals surface area contributed by atoms with Gasteiger partial charge in [0.1, 0.15) is 11.5 Å². The van der Waals surface area contributed by atoms with Gasteiger partial charge in [0, 0.05) is 24.6 Å². The number of nitrogens with one attached hydrogen (secondary N) is 2. The number of carbonyl (C=O) groups excluding carboxylic acids is 3. The summed E-state index contributed by atoms with van der Waals surface area (Å²) in [6, 6.07) is 13.0. The maximum atomic E-state index is 12.4. The molecule has 0 aromatic heterocycles. The van der Waals surface area contributed by atoms with Crippen molar-refractivity contribution in [3.8, 4) is 11.5 Å². The number of phenols is 1. The minimum Gasteiger partial charge on any atom is -0.508 e. The predicted molar refractivity (Wildman–Crippen MR) is 117 cm³/mol. The van der Waals surface area contributed by atoms with Crippen LogP contribution in [0.2, 0.25) is 0 Å². The summed E-state index contributed by atoms with van der Waals surface area (Å²) in [5.74, 6) is -0.00169. The molecule has 2 aromatic carbocycles. The van der Waals surface area contributed by atoms with E-state index in [0.29, 0.717) is 30.7 Å². The summed E-state index contributed by atoms with van der Waals surface area (Å²) in [4.78, 5) is 35.2. The molecule has 0 spiro atoms. The molecular formula is C23H27N3O5. The van der Waals surface area contributed by atoms with Gasteiger partial charge in [-0.15, -0.1) is 0 Å². The second kappa shape index (κ2) is 11.4. The fourth-order valence-electron chi connectivity index (χ4n) is 2.88. The summed E-state index contributed by atoms with van der Waals surface area (Å²) >= 11 is 0. The van der Waals surface area contributed by atoms with Crippen molar-refractivity contribution in [1.29, 1.82) is 0 Å². The molecule has 0 aliphatic carbocycles. The van der Waals surface area contributed by atoms with Crippen molar-refractivity contribution >= 4 is 17.9 Å². The van der Waals surface area contributed by atoms with Crippen LogP contribution in [0.3, 0.4) is 0 Å². The lowest BCUT2D eigenvalue weighted by Crippen LogP contribution is -2.41. The molecule has 0 bridgehead atoms. The summed E-state index contributed by atoms with van der Waals surface area (Å²) < 4.78 is 4.77. The first-order valence-corrected chi connectivity index (χ1v) is 9.80. The lowest BCUT2D eigenvalue weighted by molar-refractivity contribution is -0.122. The molecule has 31 heavy (non-hydrogen) atoms. The Bertz CT molecular complexity index is 923. The van der Waals surface area contributed by atoms with Crippen LogP contribution in [0.5, 0.6) is 11.5 Å². The first kappa shape index (κ1) is 23.5. The Hall–Kier alpha value is -3.81. The molecule has 0 aliphatic rings. The standard InChI is InChI=1S/C23H27N3O5/c1-15(2)22(29)26-18(13-17-3-7-19(27)8-4-17)14-21(28)25-12-11-16-5-9-20(10-6-16)31-23(24)30/h3-10,18,27H,1,11-14H2,2H3,(H2,24,30)(H,25,28)(H,26,29)/t18-/m0/s1. The van der Waals surface area contributed by atoms with Crippen molar-refractivity contribution in [2.75, 3.05) is 6.54 Å². The van der Waals surface area contributed by atoms with Crippen LogP contribution >= 0.6 is 0 Å². The number of phenolic OH excluding ortho intramolecular Hbond substituents is 1. The highest BCUT2D eigenvalue weighted by Gasteiger charge is 2.17. The van der Waals surface area contributed by atoms with Gasteiger partial charge in [0.25, 0.3) is 0 Å². The van der Waals surface area contributed by atoms with Crippen molar-refractivity contribution < 1.29 is 24.2 Å². The van der Waals surface area contributed by atoms with Crippen molar-refractivity contribution in [1.82, 2.24) is 10.6 Å². The lowest BCUT2D eigenvalue weighted by atomic mass is 10.0. The van der Waals surface area contributed by atoms with Gasteiger partial charge >= 0.3 is 6.09 Å². The molecular weight excluding hydrogens is 398 g/mol. The number of benzene rings is 2. The summed E-state index contributed by atoms with van der Waals surface area (Å²) in [7, 11) is 0. The Morgan fingerprint density at radius 1 is 1.06 bits per heavy atom. The smallest absolute Gasteiger partial charge is 0.409 e. The Labute approximate surface area is 181 Å². The van der Waals surface area contributed by atoms with Gasteiger partial charge in [0.05, 0.1) is 0 Å². The molecule has 0 saturated heterocycles. The number of rotatable bonds is 10. The molecule has 0 heterocycles. The van der Waals surface area contributed by atoms with Crippen LogP contribution in [0.4, 0.5) is 4.79 Å². The van der Waals surface area contributed by atoms with E-state index in [0.717, 1.165) is 11.1 Å². The Morgan fingerprint density at radius 3 is 2.26 bits per heavy atom. The van der Waals surface area contributed by atoms with E-state index in [9.17, 15) is 19.5 Å². The molecule has 0 unspecified atom stereocenters. The van der Waals surface area contributed by atoms with Crippen LogP contribution in [-0.2, 0) is 22.4 Å². The van der Waals surface area contributed by atoms with E-state index < -0.39 is 12.1 Å². The number of aromatic hydroxyl groups is 1. The Balaban J connectivity index is 1.88. The highest BCUT2D eigenvalue weighted by Crippen LogP contribution is 2.14. The Kier molecular flexibility index (Phi) is 8.63. The molecule has 0 radical (unpaired) electrons. The fraction of sp³-hybridized carbons (Fsp3) is 0.261. The molecule has 1 atom stereocenters. The number of carbonyl (C=O) groups is 3. The van der Waals surface area contributed by atoms with E-state index in [4.69, 9.17) is 10.5 Å². The average Bonchev–Trinajstić information content (AvgIpc) is 2.70. The van der Waals surface area contributed by atoms with Crippen LogP contribution in [0.25, 0.3) is 0 Å². The van der Waals surface area contributed by atoms with Gasteiger partial charge in [-0.25, -0.2) is 4.79 Å². The Morgan fingerprint density at radius 2 is 1.68 bits per heavy atom. The molecule has 0 aliphatic heterocycles. The van der Waals surface area contributed by atoms with Gasteiger partial charge in [0.15, 0.2) is 0 Å². The number of hydrogen-bond donors (Lipinski definition) is 4. The minimum atomic E-state index is -0.874. The van der Waals surface area contributed by atoms with Crippen molar-refractivity contribution in [3.63, 3.8) is 0 Å². The lowest BCUT2D eigenvalue weighted by Gasteiger charge is -2.19. The van der Waals surface area contributed by atoms with Gasteiger partial charge < -0.3 is 26.2 Å². The second-order valence-electron chi connectivity index (χ2n) is 7.19. The van der Waals surface area contributed by atoms with E-state index >= 15 is 0 Å². The molecule has 2 rings (SSSR count).